The fourth-order valence-corrected chi connectivity index (χ4v) is 2.15. The summed E-state index contributed by atoms with van der Waals surface area (Å²) < 4.78 is 1.94. The molecule has 1 heterocycles. The quantitative estimate of drug-likeness (QED) is 0.520. The molecule has 0 saturated heterocycles. The van der Waals surface area contributed by atoms with Gasteiger partial charge < -0.3 is 4.57 Å². The minimum absolute atomic E-state index is 0.0604. The molecule has 5 heteroatoms. The Morgan fingerprint density at radius 3 is 2.58 bits per heavy atom. The molecular weight excluding hydrogens is 242 g/mol. The van der Waals surface area contributed by atoms with E-state index in [0.717, 1.165) is 16.9 Å². The van der Waals surface area contributed by atoms with Gasteiger partial charge in [0.1, 0.15) is 5.82 Å². The van der Waals surface area contributed by atoms with E-state index in [2.05, 4.69) is 4.98 Å². The second-order valence-electron chi connectivity index (χ2n) is 4.29. The van der Waals surface area contributed by atoms with Gasteiger partial charge in [-0.2, -0.15) is 0 Å². The molecule has 0 N–H and O–H groups in total. The van der Waals surface area contributed by atoms with Crippen molar-refractivity contribution < 1.29 is 4.92 Å². The Labute approximate surface area is 109 Å². The number of nitro groups is 1. The Kier molecular flexibility index (Phi) is 2.52. The predicted molar refractivity (Wildman–Crippen MR) is 72.8 cm³/mol. The SMILES string of the molecule is Cn1c(-c2ccccc2)nc2cc([N+](=O)[O-])ccc21. The number of nitro benzene ring substituents is 1. The smallest absolute Gasteiger partial charge is 0.271 e. The van der Waals surface area contributed by atoms with Crippen LogP contribution in [0, 0.1) is 10.1 Å². The molecule has 0 aliphatic heterocycles. The van der Waals surface area contributed by atoms with Gasteiger partial charge in [0, 0.05) is 24.7 Å². The van der Waals surface area contributed by atoms with Crippen LogP contribution in [0.2, 0.25) is 0 Å². The molecule has 3 aromatic rings. The molecule has 0 radical (unpaired) electrons. The van der Waals surface area contributed by atoms with Crippen molar-refractivity contribution in [3.8, 4) is 11.4 Å². The lowest BCUT2D eigenvalue weighted by Gasteiger charge is -2.01. The van der Waals surface area contributed by atoms with Gasteiger partial charge in [0.05, 0.1) is 16.0 Å². The zero-order valence-electron chi connectivity index (χ0n) is 10.3. The molecule has 0 aliphatic carbocycles. The standard InChI is InChI=1S/C14H11N3O2/c1-16-13-8-7-11(17(18)19)9-12(13)15-14(16)10-5-3-2-4-6-10/h2-9H,1H3. The molecule has 0 unspecified atom stereocenters. The van der Waals surface area contributed by atoms with Crippen molar-refractivity contribution >= 4 is 16.7 Å². The van der Waals surface area contributed by atoms with Gasteiger partial charge in [-0.05, 0) is 6.07 Å². The van der Waals surface area contributed by atoms with Crippen molar-refractivity contribution in [3.05, 3.63) is 58.6 Å². The van der Waals surface area contributed by atoms with Crippen LogP contribution in [0.5, 0.6) is 0 Å². The van der Waals surface area contributed by atoms with Crippen molar-refractivity contribution in [1.82, 2.24) is 9.55 Å². The van der Waals surface area contributed by atoms with Crippen LogP contribution >= 0.6 is 0 Å². The van der Waals surface area contributed by atoms with Crippen molar-refractivity contribution in [2.75, 3.05) is 0 Å². The summed E-state index contributed by atoms with van der Waals surface area (Å²) in [7, 11) is 1.91. The maximum absolute atomic E-state index is 10.8. The molecule has 0 aliphatic rings. The number of aryl methyl sites for hydroxylation is 1. The Hall–Kier alpha value is -2.69. The lowest BCUT2D eigenvalue weighted by molar-refractivity contribution is -0.384. The number of hydrogen-bond donors (Lipinski definition) is 0. The third-order valence-electron chi connectivity index (χ3n) is 3.11. The van der Waals surface area contributed by atoms with E-state index in [0.29, 0.717) is 5.52 Å². The van der Waals surface area contributed by atoms with E-state index < -0.39 is 4.92 Å². The molecule has 0 fully saturated rings. The Balaban J connectivity index is 2.23. The van der Waals surface area contributed by atoms with E-state index in [-0.39, 0.29) is 5.69 Å². The van der Waals surface area contributed by atoms with Crippen LogP contribution in [-0.2, 0) is 7.05 Å². The van der Waals surface area contributed by atoms with E-state index in [4.69, 9.17) is 0 Å². The van der Waals surface area contributed by atoms with Crippen molar-refractivity contribution in [1.29, 1.82) is 0 Å². The fourth-order valence-electron chi connectivity index (χ4n) is 2.15. The van der Waals surface area contributed by atoms with Gasteiger partial charge in [0.2, 0.25) is 0 Å². The average molecular weight is 253 g/mol. The summed E-state index contributed by atoms with van der Waals surface area (Å²) in [5, 5.41) is 10.8. The Morgan fingerprint density at radius 1 is 1.16 bits per heavy atom. The Bertz CT molecular complexity index is 763. The van der Waals surface area contributed by atoms with Gasteiger partial charge in [-0.25, -0.2) is 4.98 Å². The van der Waals surface area contributed by atoms with E-state index in [1.165, 1.54) is 12.1 Å². The van der Waals surface area contributed by atoms with Crippen LogP contribution in [0.1, 0.15) is 0 Å². The summed E-state index contributed by atoms with van der Waals surface area (Å²) in [4.78, 5) is 14.9. The van der Waals surface area contributed by atoms with E-state index in [1.54, 1.807) is 6.07 Å². The average Bonchev–Trinajstić information content (AvgIpc) is 2.76. The summed E-state index contributed by atoms with van der Waals surface area (Å²) in [5.74, 6) is 0.802. The number of fused-ring (bicyclic) bond motifs is 1. The van der Waals surface area contributed by atoms with Crippen molar-refractivity contribution in [2.45, 2.75) is 0 Å². The first-order chi connectivity index (χ1) is 9.16. The van der Waals surface area contributed by atoms with E-state index >= 15 is 0 Å². The summed E-state index contributed by atoms with van der Waals surface area (Å²) in [6.45, 7) is 0. The summed E-state index contributed by atoms with van der Waals surface area (Å²) >= 11 is 0. The molecule has 0 amide bonds. The number of aromatic nitrogens is 2. The Morgan fingerprint density at radius 2 is 1.89 bits per heavy atom. The molecule has 19 heavy (non-hydrogen) atoms. The van der Waals surface area contributed by atoms with Crippen LogP contribution < -0.4 is 0 Å². The minimum atomic E-state index is -0.406. The number of rotatable bonds is 2. The third-order valence-corrected chi connectivity index (χ3v) is 3.11. The molecule has 3 rings (SSSR count). The van der Waals surface area contributed by atoms with E-state index in [1.807, 2.05) is 41.9 Å². The van der Waals surface area contributed by atoms with Gasteiger partial charge >= 0.3 is 0 Å². The molecule has 0 bridgehead atoms. The number of hydrogen-bond acceptors (Lipinski definition) is 3. The predicted octanol–water partition coefficient (Wildman–Crippen LogP) is 3.15. The highest BCUT2D eigenvalue weighted by Crippen LogP contribution is 2.26. The van der Waals surface area contributed by atoms with Gasteiger partial charge in [-0.3, -0.25) is 10.1 Å². The first-order valence-corrected chi connectivity index (χ1v) is 5.83. The van der Waals surface area contributed by atoms with E-state index in [9.17, 15) is 10.1 Å². The fraction of sp³-hybridized carbons (Fsp3) is 0.0714. The summed E-state index contributed by atoms with van der Waals surface area (Å²) in [6.07, 6.45) is 0. The van der Waals surface area contributed by atoms with Crippen LogP contribution in [0.4, 0.5) is 5.69 Å². The largest absolute Gasteiger partial charge is 0.327 e. The number of nitrogens with zero attached hydrogens (tertiary/aromatic N) is 3. The molecule has 5 nitrogen and oxygen atoms in total. The van der Waals surface area contributed by atoms with Crippen LogP contribution in [0.3, 0.4) is 0 Å². The van der Waals surface area contributed by atoms with Gasteiger partial charge in [-0.15, -0.1) is 0 Å². The first kappa shape index (κ1) is 11.4. The zero-order valence-corrected chi connectivity index (χ0v) is 10.3. The summed E-state index contributed by atoms with van der Waals surface area (Å²) in [6, 6.07) is 14.5. The maximum Gasteiger partial charge on any atom is 0.271 e. The highest BCUT2D eigenvalue weighted by molar-refractivity contribution is 5.82. The minimum Gasteiger partial charge on any atom is -0.327 e. The second-order valence-corrected chi connectivity index (χ2v) is 4.29. The van der Waals surface area contributed by atoms with Crippen LogP contribution in [0.15, 0.2) is 48.5 Å². The maximum atomic E-state index is 10.8. The van der Waals surface area contributed by atoms with Crippen molar-refractivity contribution in [2.24, 2.45) is 7.05 Å². The number of non-ortho nitro benzene ring substituents is 1. The van der Waals surface area contributed by atoms with Gasteiger partial charge in [0.15, 0.2) is 0 Å². The zero-order chi connectivity index (χ0) is 13.4. The molecular formula is C14H11N3O2. The molecule has 0 spiro atoms. The van der Waals surface area contributed by atoms with Crippen molar-refractivity contribution in [3.63, 3.8) is 0 Å². The lowest BCUT2D eigenvalue weighted by Crippen LogP contribution is -1.92. The lowest BCUT2D eigenvalue weighted by atomic mass is 10.2. The normalized spacial score (nSPS) is 10.8. The first-order valence-electron chi connectivity index (χ1n) is 5.83. The topological polar surface area (TPSA) is 61.0 Å². The van der Waals surface area contributed by atoms with Crippen LogP contribution in [-0.4, -0.2) is 14.5 Å². The summed E-state index contributed by atoms with van der Waals surface area (Å²) in [5.41, 5.74) is 2.56. The highest BCUT2D eigenvalue weighted by atomic mass is 16.6. The molecule has 0 saturated carbocycles. The van der Waals surface area contributed by atoms with Gasteiger partial charge in [-0.1, -0.05) is 30.3 Å². The monoisotopic (exact) mass is 253 g/mol. The second kappa shape index (κ2) is 4.20. The molecule has 1 aromatic heterocycles. The number of imidazole rings is 1. The van der Waals surface area contributed by atoms with Crippen LogP contribution in [0.25, 0.3) is 22.4 Å². The number of benzene rings is 2. The molecule has 2 aromatic carbocycles. The molecule has 94 valence electrons. The third kappa shape index (κ3) is 1.85. The van der Waals surface area contributed by atoms with Gasteiger partial charge in [0.25, 0.3) is 5.69 Å². The molecule has 0 atom stereocenters. The highest BCUT2D eigenvalue weighted by Gasteiger charge is 2.13.